The number of aliphatic hydroxyl groups is 1. The van der Waals surface area contributed by atoms with Crippen LogP contribution in [0.3, 0.4) is 0 Å². The lowest BCUT2D eigenvalue weighted by Crippen LogP contribution is -2.49. The molecule has 0 saturated heterocycles. The number of fused-ring (bicyclic) bond motifs is 1. The lowest BCUT2D eigenvalue weighted by molar-refractivity contribution is -0.129. The van der Waals surface area contributed by atoms with Gasteiger partial charge in [-0.2, -0.15) is 0 Å². The second-order valence-corrected chi connectivity index (χ2v) is 14.6. The van der Waals surface area contributed by atoms with Gasteiger partial charge in [-0.25, -0.2) is 13.4 Å². The van der Waals surface area contributed by atoms with Crippen LogP contribution in [-0.2, 0) is 25.9 Å². The molecule has 10 heteroatoms. The Bertz CT molecular complexity index is 2010. The van der Waals surface area contributed by atoms with Crippen molar-refractivity contribution in [3.63, 3.8) is 0 Å². The largest absolute Gasteiger partial charge is 0.494 e. The van der Waals surface area contributed by atoms with Crippen LogP contribution in [0.4, 0.5) is 0 Å². The molecule has 48 heavy (non-hydrogen) atoms. The highest BCUT2D eigenvalue weighted by Crippen LogP contribution is 2.43. The lowest BCUT2D eigenvalue weighted by atomic mass is 9.85. The Hall–Kier alpha value is -4.51. The SMILES string of the molecule is O=C(NCc1cccc2ccccc12)[C@]1(CCS(=O)(=O)c2ccccc2)N=C(c2ccc(OCCCO)cc2)O[C@@H]1c1ccc(Br)cc1. The number of nitrogens with one attached hydrogen (secondary N) is 1. The third-order valence-corrected chi connectivity index (χ3v) is 10.6. The molecule has 1 amide bonds. The van der Waals surface area contributed by atoms with E-state index in [0.717, 1.165) is 20.8 Å². The van der Waals surface area contributed by atoms with E-state index in [2.05, 4.69) is 21.2 Å². The predicted octanol–water partition coefficient (Wildman–Crippen LogP) is 6.80. The van der Waals surface area contributed by atoms with E-state index in [4.69, 9.17) is 19.6 Å². The number of sulfone groups is 1. The number of amides is 1. The van der Waals surface area contributed by atoms with Gasteiger partial charge in [-0.05, 0) is 70.4 Å². The van der Waals surface area contributed by atoms with Crippen LogP contribution >= 0.6 is 15.9 Å². The molecule has 246 valence electrons. The number of aliphatic hydroxyl groups excluding tert-OH is 1. The molecule has 0 fully saturated rings. The van der Waals surface area contributed by atoms with Crippen molar-refractivity contribution in [1.29, 1.82) is 0 Å². The third-order valence-electron chi connectivity index (χ3n) is 8.38. The van der Waals surface area contributed by atoms with Crippen LogP contribution in [0.5, 0.6) is 5.75 Å². The Morgan fingerprint density at radius 2 is 1.60 bits per heavy atom. The van der Waals surface area contributed by atoms with E-state index < -0.39 is 27.4 Å². The van der Waals surface area contributed by atoms with Gasteiger partial charge in [0.15, 0.2) is 21.5 Å². The zero-order chi connectivity index (χ0) is 33.6. The highest BCUT2D eigenvalue weighted by atomic mass is 79.9. The molecule has 0 aliphatic carbocycles. The number of carbonyl (C=O) groups is 1. The number of ether oxygens (including phenoxy) is 2. The minimum absolute atomic E-state index is 0.0326. The van der Waals surface area contributed by atoms with Crippen molar-refractivity contribution >= 4 is 48.3 Å². The maximum absolute atomic E-state index is 14.6. The van der Waals surface area contributed by atoms with Crippen LogP contribution in [0, 0.1) is 0 Å². The number of halogens is 1. The van der Waals surface area contributed by atoms with Crippen molar-refractivity contribution in [3.8, 4) is 5.75 Å². The number of hydrogen-bond donors (Lipinski definition) is 2. The van der Waals surface area contributed by atoms with E-state index in [1.165, 1.54) is 0 Å². The number of carbonyl (C=O) groups excluding carboxylic acids is 1. The highest BCUT2D eigenvalue weighted by molar-refractivity contribution is 9.10. The summed E-state index contributed by atoms with van der Waals surface area (Å²) in [4.78, 5) is 19.8. The van der Waals surface area contributed by atoms with Crippen LogP contribution in [0.15, 0.2) is 136 Å². The molecule has 0 spiro atoms. The van der Waals surface area contributed by atoms with Crippen molar-refractivity contribution < 1.29 is 27.8 Å². The molecule has 5 aromatic rings. The summed E-state index contributed by atoms with van der Waals surface area (Å²) in [6.07, 6.45) is -0.535. The summed E-state index contributed by atoms with van der Waals surface area (Å²) < 4.78 is 40.3. The van der Waals surface area contributed by atoms with Crippen molar-refractivity contribution in [2.24, 2.45) is 4.99 Å². The summed E-state index contributed by atoms with van der Waals surface area (Å²) in [5.74, 6) is 0.0693. The molecule has 6 rings (SSSR count). The minimum atomic E-state index is -3.77. The summed E-state index contributed by atoms with van der Waals surface area (Å²) in [6.45, 7) is 0.616. The third kappa shape index (κ3) is 7.31. The van der Waals surface area contributed by atoms with Gasteiger partial charge in [0.1, 0.15) is 5.75 Å². The molecule has 0 bridgehead atoms. The van der Waals surface area contributed by atoms with Gasteiger partial charge in [0.2, 0.25) is 5.90 Å². The minimum Gasteiger partial charge on any atom is -0.494 e. The molecule has 5 aromatic carbocycles. The fraction of sp³-hybridized carbons (Fsp3) is 0.211. The van der Waals surface area contributed by atoms with Crippen LogP contribution in [0.25, 0.3) is 10.8 Å². The maximum Gasteiger partial charge on any atom is 0.252 e. The first-order valence-electron chi connectivity index (χ1n) is 15.7. The molecular formula is C38H35BrN2O6S. The molecule has 2 N–H and O–H groups in total. The topological polar surface area (TPSA) is 114 Å². The average Bonchev–Trinajstić information content (AvgIpc) is 3.52. The molecule has 2 atom stereocenters. The summed E-state index contributed by atoms with van der Waals surface area (Å²) in [6, 6.07) is 36.6. The second kappa shape index (κ2) is 14.7. The van der Waals surface area contributed by atoms with E-state index in [9.17, 15) is 13.2 Å². The predicted molar refractivity (Wildman–Crippen MR) is 190 cm³/mol. The monoisotopic (exact) mass is 726 g/mol. The average molecular weight is 728 g/mol. The Morgan fingerprint density at radius 1 is 0.896 bits per heavy atom. The Labute approximate surface area is 288 Å². The molecule has 0 aromatic heterocycles. The standard InChI is InChI=1S/C38H35BrN2O6S/c39-31-18-14-28(15-19-31)35-38(22-25-48(44,45)33-11-2-1-3-12-33,37(43)40-26-30-10-6-9-27-8-4-5-13-34(27)30)41-36(47-35)29-16-20-32(21-17-29)46-24-7-23-42/h1-6,8-21,35,42H,7,22-26H2,(H,40,43)/t35-,38-/m1/s1. The molecule has 1 aliphatic heterocycles. The molecular weight excluding hydrogens is 692 g/mol. The molecule has 0 saturated carbocycles. The van der Waals surface area contributed by atoms with Gasteiger partial charge in [0.05, 0.1) is 17.3 Å². The van der Waals surface area contributed by atoms with Gasteiger partial charge in [0.25, 0.3) is 5.91 Å². The first-order chi connectivity index (χ1) is 23.3. The van der Waals surface area contributed by atoms with E-state index >= 15 is 0 Å². The normalized spacial score (nSPS) is 17.5. The Kier molecular flexibility index (Phi) is 10.2. The molecule has 0 unspecified atom stereocenters. The van der Waals surface area contributed by atoms with E-state index in [-0.39, 0.29) is 36.1 Å². The van der Waals surface area contributed by atoms with Crippen molar-refractivity contribution in [1.82, 2.24) is 5.32 Å². The van der Waals surface area contributed by atoms with Gasteiger partial charge >= 0.3 is 0 Å². The van der Waals surface area contributed by atoms with Gasteiger partial charge < -0.3 is 19.9 Å². The van der Waals surface area contributed by atoms with Crippen molar-refractivity contribution in [2.45, 2.75) is 35.9 Å². The fourth-order valence-corrected chi connectivity index (χ4v) is 7.47. The molecule has 1 aliphatic rings. The summed E-state index contributed by atoms with van der Waals surface area (Å²) in [5, 5.41) is 14.2. The van der Waals surface area contributed by atoms with Gasteiger partial charge in [-0.3, -0.25) is 4.79 Å². The van der Waals surface area contributed by atoms with E-state index in [1.54, 1.807) is 54.6 Å². The van der Waals surface area contributed by atoms with E-state index in [1.807, 2.05) is 66.7 Å². The Balaban J connectivity index is 1.40. The summed E-state index contributed by atoms with van der Waals surface area (Å²) in [7, 11) is -3.77. The first-order valence-corrected chi connectivity index (χ1v) is 18.1. The zero-order valence-corrected chi connectivity index (χ0v) is 28.5. The fourth-order valence-electron chi connectivity index (χ4n) is 5.82. The zero-order valence-electron chi connectivity index (χ0n) is 26.1. The number of nitrogens with zero attached hydrogens (tertiary/aromatic N) is 1. The lowest BCUT2D eigenvalue weighted by Gasteiger charge is -2.30. The van der Waals surface area contributed by atoms with Gasteiger partial charge in [0, 0.05) is 36.0 Å². The summed E-state index contributed by atoms with van der Waals surface area (Å²) in [5.41, 5.74) is 0.597. The van der Waals surface area contributed by atoms with E-state index in [0.29, 0.717) is 29.9 Å². The quantitative estimate of drug-likeness (QED) is 0.129. The molecule has 0 radical (unpaired) electrons. The summed E-state index contributed by atoms with van der Waals surface area (Å²) >= 11 is 3.49. The molecule has 8 nitrogen and oxygen atoms in total. The van der Waals surface area contributed by atoms with Crippen LogP contribution in [0.1, 0.15) is 35.6 Å². The second-order valence-electron chi connectivity index (χ2n) is 11.5. The van der Waals surface area contributed by atoms with Crippen molar-refractivity contribution in [3.05, 3.63) is 142 Å². The van der Waals surface area contributed by atoms with Gasteiger partial charge in [-0.1, -0.05) is 88.7 Å². The number of rotatable bonds is 13. The highest BCUT2D eigenvalue weighted by Gasteiger charge is 2.53. The van der Waals surface area contributed by atoms with Gasteiger partial charge in [-0.15, -0.1) is 0 Å². The van der Waals surface area contributed by atoms with Crippen LogP contribution in [0.2, 0.25) is 0 Å². The number of hydrogen-bond acceptors (Lipinski definition) is 7. The first kappa shape index (κ1) is 33.4. The maximum atomic E-state index is 14.6. The number of aliphatic imine (C=N–C) groups is 1. The Morgan fingerprint density at radius 3 is 2.35 bits per heavy atom. The smallest absolute Gasteiger partial charge is 0.252 e. The van der Waals surface area contributed by atoms with Crippen molar-refractivity contribution in [2.75, 3.05) is 19.0 Å². The number of benzene rings is 5. The van der Waals surface area contributed by atoms with Crippen LogP contribution in [-0.4, -0.2) is 49.8 Å². The molecule has 1 heterocycles. The van der Waals surface area contributed by atoms with Crippen LogP contribution < -0.4 is 10.1 Å².